The minimum absolute atomic E-state index is 0.138. The molecule has 0 fully saturated rings. The van der Waals surface area contributed by atoms with E-state index in [1.807, 2.05) is 27.7 Å². The Morgan fingerprint density at radius 3 is 1.23 bits per heavy atom. The van der Waals surface area contributed by atoms with Gasteiger partial charge in [-0.05, 0) is 91.0 Å². The molecule has 2 N–H and O–H groups in total. The van der Waals surface area contributed by atoms with Crippen molar-refractivity contribution < 1.29 is 13.6 Å². The van der Waals surface area contributed by atoms with Crippen LogP contribution in [0, 0.1) is 16.5 Å². The normalized spacial score (nSPS) is 11.3. The molecule has 7 heteroatoms. The van der Waals surface area contributed by atoms with Crippen LogP contribution in [0.3, 0.4) is 0 Å². The van der Waals surface area contributed by atoms with Gasteiger partial charge in [-0.3, -0.25) is 0 Å². The van der Waals surface area contributed by atoms with E-state index in [1.54, 1.807) is 32.9 Å². The smallest absolute Gasteiger partial charge is 0.155 e. The van der Waals surface area contributed by atoms with Crippen LogP contribution in [0.5, 0.6) is 0 Å². The summed E-state index contributed by atoms with van der Waals surface area (Å²) < 4.78 is 27.6. The van der Waals surface area contributed by atoms with Crippen molar-refractivity contribution in [3.8, 4) is 0 Å². The van der Waals surface area contributed by atoms with E-state index in [-0.39, 0.29) is 23.5 Å². The van der Waals surface area contributed by atoms with E-state index in [9.17, 15) is 13.7 Å². The number of rotatable bonds is 5. The molecule has 0 aliphatic heterocycles. The lowest BCUT2D eigenvalue weighted by molar-refractivity contribution is -0.00229. The average Bonchev–Trinajstić information content (AvgIpc) is 2.70. The van der Waals surface area contributed by atoms with Gasteiger partial charge in [-0.1, -0.05) is 71.3 Å². The van der Waals surface area contributed by atoms with Crippen LogP contribution in [0.4, 0.5) is 14.5 Å². The van der Waals surface area contributed by atoms with E-state index in [4.69, 9.17) is 5.73 Å². The van der Waals surface area contributed by atoms with Crippen LogP contribution in [0.15, 0.2) is 34.1 Å². The molecule has 0 bridgehead atoms. The molecular weight excluding hydrogens is 514 g/mol. The van der Waals surface area contributed by atoms with Crippen molar-refractivity contribution in [1.29, 1.82) is 0 Å². The van der Waals surface area contributed by atoms with Crippen LogP contribution in [0.25, 0.3) is 0 Å². The Kier molecular flexibility index (Phi) is 13.7. The SMILES string of the molecule is CC(C)(C)ON=O.CC(C)c1cc(F)cc(C(C)C)c1Br.CC(C)c1cc(F)cc(C(C)C)c1N. The lowest BCUT2D eigenvalue weighted by Gasteiger charge is -2.16. The summed E-state index contributed by atoms with van der Waals surface area (Å²) in [6, 6.07) is 6.29. The molecule has 2 rings (SSSR count). The third-order valence-electron chi connectivity index (χ3n) is 5.10. The van der Waals surface area contributed by atoms with Gasteiger partial charge in [-0.15, -0.1) is 4.91 Å². The maximum atomic E-state index is 13.3. The highest BCUT2D eigenvalue weighted by atomic mass is 79.9. The van der Waals surface area contributed by atoms with E-state index >= 15 is 0 Å². The number of nitrogen functional groups attached to an aromatic ring is 1. The van der Waals surface area contributed by atoms with Crippen molar-refractivity contribution in [3.05, 3.63) is 67.5 Å². The molecule has 2 aromatic rings. The molecule has 0 atom stereocenters. The summed E-state index contributed by atoms with van der Waals surface area (Å²) in [4.78, 5) is 13.6. The van der Waals surface area contributed by atoms with Crippen molar-refractivity contribution in [1.82, 2.24) is 0 Å². The Hall–Kier alpha value is -2.02. The highest BCUT2D eigenvalue weighted by Gasteiger charge is 2.14. The fraction of sp³-hybridized carbons (Fsp3) is 0.571. The predicted molar refractivity (Wildman–Crippen MR) is 148 cm³/mol. The summed E-state index contributed by atoms with van der Waals surface area (Å²) in [7, 11) is 0. The molecule has 0 saturated heterocycles. The van der Waals surface area contributed by atoms with Gasteiger partial charge < -0.3 is 10.6 Å². The zero-order chi connectivity index (χ0) is 27.7. The maximum Gasteiger partial charge on any atom is 0.155 e. The van der Waals surface area contributed by atoms with Crippen LogP contribution in [0.1, 0.15) is 122 Å². The first-order valence-electron chi connectivity index (χ1n) is 12.0. The molecule has 0 spiro atoms. The minimum atomic E-state index is -0.429. The Bertz CT molecular complexity index is 827. The third kappa shape index (κ3) is 11.5. The summed E-state index contributed by atoms with van der Waals surface area (Å²) in [5.74, 6) is 0.897. The van der Waals surface area contributed by atoms with E-state index in [1.165, 1.54) is 12.1 Å². The number of hydrogen-bond donors (Lipinski definition) is 1. The molecule has 0 aliphatic carbocycles. The predicted octanol–water partition coefficient (Wildman–Crippen LogP) is 9.97. The lowest BCUT2D eigenvalue weighted by atomic mass is 9.93. The summed E-state index contributed by atoms with van der Waals surface area (Å²) >= 11 is 3.55. The van der Waals surface area contributed by atoms with Gasteiger partial charge >= 0.3 is 0 Å². The van der Waals surface area contributed by atoms with Crippen molar-refractivity contribution >= 4 is 21.6 Å². The number of nitrogens with zero attached hydrogens (tertiary/aromatic N) is 1. The Balaban J connectivity index is 0.000000526. The fourth-order valence-electron chi connectivity index (χ4n) is 3.20. The zero-order valence-corrected chi connectivity index (χ0v) is 24.7. The van der Waals surface area contributed by atoms with Crippen LogP contribution in [0.2, 0.25) is 0 Å². The molecule has 0 saturated carbocycles. The molecule has 0 aliphatic rings. The lowest BCUT2D eigenvalue weighted by Crippen LogP contribution is -2.14. The quantitative estimate of drug-likeness (QED) is 0.226. The van der Waals surface area contributed by atoms with Gasteiger partial charge in [0.05, 0.1) is 0 Å². The monoisotopic (exact) mass is 556 g/mol. The number of anilines is 1. The third-order valence-corrected chi connectivity index (χ3v) is 6.02. The molecule has 0 radical (unpaired) electrons. The van der Waals surface area contributed by atoms with Crippen LogP contribution < -0.4 is 5.73 Å². The largest absolute Gasteiger partial charge is 0.398 e. The maximum absolute atomic E-state index is 13.3. The second-order valence-electron chi connectivity index (χ2n) is 10.8. The summed E-state index contributed by atoms with van der Waals surface area (Å²) in [5.41, 5.74) is 10.2. The molecule has 2 aromatic carbocycles. The van der Waals surface area contributed by atoms with Gasteiger partial charge in [0.25, 0.3) is 0 Å². The molecule has 0 unspecified atom stereocenters. The van der Waals surface area contributed by atoms with E-state index < -0.39 is 5.60 Å². The van der Waals surface area contributed by atoms with Gasteiger partial charge in [0.15, 0.2) is 5.34 Å². The first-order valence-corrected chi connectivity index (χ1v) is 12.8. The second kappa shape index (κ2) is 14.5. The number of nitrogens with two attached hydrogens (primary N) is 1. The molecule has 0 heterocycles. The zero-order valence-electron chi connectivity index (χ0n) is 23.1. The minimum Gasteiger partial charge on any atom is -0.398 e. The molecule has 4 nitrogen and oxygen atoms in total. The van der Waals surface area contributed by atoms with Crippen molar-refractivity contribution in [2.24, 2.45) is 5.34 Å². The van der Waals surface area contributed by atoms with E-state index in [2.05, 4.69) is 53.8 Å². The first kappa shape index (κ1) is 33.0. The van der Waals surface area contributed by atoms with Crippen LogP contribution in [-0.2, 0) is 4.84 Å². The van der Waals surface area contributed by atoms with Gasteiger partial charge in [-0.2, -0.15) is 0 Å². The number of halogens is 3. The first-order chi connectivity index (χ1) is 15.9. The molecule has 35 heavy (non-hydrogen) atoms. The Morgan fingerprint density at radius 2 is 1.03 bits per heavy atom. The molecule has 0 aromatic heterocycles. The van der Waals surface area contributed by atoms with Crippen molar-refractivity contribution in [2.45, 2.75) is 105 Å². The van der Waals surface area contributed by atoms with E-state index in [0.29, 0.717) is 11.8 Å². The summed E-state index contributed by atoms with van der Waals surface area (Å²) in [5, 5.41) is 2.26. The molecule has 198 valence electrons. The Morgan fingerprint density at radius 1 is 0.743 bits per heavy atom. The topological polar surface area (TPSA) is 64.7 Å². The Labute approximate surface area is 219 Å². The van der Waals surface area contributed by atoms with Crippen LogP contribution in [-0.4, -0.2) is 5.60 Å². The highest BCUT2D eigenvalue weighted by Crippen LogP contribution is 2.33. The van der Waals surface area contributed by atoms with Gasteiger partial charge in [0.1, 0.15) is 17.2 Å². The molecular formula is C28H43BrF2N2O2. The second-order valence-corrected chi connectivity index (χ2v) is 11.6. The van der Waals surface area contributed by atoms with Gasteiger partial charge in [0, 0.05) is 10.2 Å². The fourth-order valence-corrected chi connectivity index (χ4v) is 4.35. The summed E-state index contributed by atoms with van der Waals surface area (Å²) in [6.07, 6.45) is 0. The van der Waals surface area contributed by atoms with Crippen molar-refractivity contribution in [2.75, 3.05) is 5.73 Å². The molecule has 0 amide bonds. The number of hydrogen-bond acceptors (Lipinski definition) is 4. The van der Waals surface area contributed by atoms with Crippen molar-refractivity contribution in [3.63, 3.8) is 0 Å². The van der Waals surface area contributed by atoms with Gasteiger partial charge in [-0.25, -0.2) is 8.78 Å². The number of benzene rings is 2. The van der Waals surface area contributed by atoms with Crippen LogP contribution >= 0.6 is 15.9 Å². The van der Waals surface area contributed by atoms with Gasteiger partial charge in [0.2, 0.25) is 0 Å². The summed E-state index contributed by atoms with van der Waals surface area (Å²) in [6.45, 7) is 21.7. The standard InChI is InChI=1S/C12H16BrF.C12H18FN.C4H9NO2/c1-7(2)10-5-9(14)6-11(8(3)4)12(10)13;1-7(2)10-5-9(13)6-11(8(3)4)12(10)14;1-4(2,3)7-5-6/h5-8H,1-4H3;5-8H,14H2,1-4H3;1-3H3. The van der Waals surface area contributed by atoms with E-state index in [0.717, 1.165) is 32.4 Å². The highest BCUT2D eigenvalue weighted by molar-refractivity contribution is 9.10. The average molecular weight is 558 g/mol.